The number of aromatic amines is 1. The molecule has 0 spiro atoms. The highest BCUT2D eigenvalue weighted by Gasteiger charge is 2.31. The van der Waals surface area contributed by atoms with Crippen LogP contribution in [0.25, 0.3) is 0 Å². The fourth-order valence-electron chi connectivity index (χ4n) is 1.20. The second-order valence-electron chi connectivity index (χ2n) is 6.47. The highest BCUT2D eigenvalue weighted by Crippen LogP contribution is 2.17. The Hall–Kier alpha value is -1.44. The molecule has 8 heteroatoms. The lowest BCUT2D eigenvalue weighted by Gasteiger charge is -2.22. The van der Waals surface area contributed by atoms with Crippen LogP contribution in [-0.2, 0) is 15.3 Å². The molecule has 1 aromatic rings. The van der Waals surface area contributed by atoms with E-state index in [1.165, 1.54) is 0 Å². The van der Waals surface area contributed by atoms with Crippen LogP contribution in [0.15, 0.2) is 0 Å². The van der Waals surface area contributed by atoms with Crippen LogP contribution in [0.4, 0.5) is 0 Å². The number of nitrogens with zero attached hydrogens (tertiary/aromatic N) is 2. The van der Waals surface area contributed by atoms with Crippen molar-refractivity contribution in [2.24, 2.45) is 0 Å². The molecule has 0 aliphatic rings. The SMILES string of the molecule is CC(C)(C)c1nc(C(=O)NCC(C)(C)S(C)(=O)=O)n[nH]1. The summed E-state index contributed by atoms with van der Waals surface area (Å²) < 4.78 is 22.1. The minimum absolute atomic E-state index is 0.00403. The number of hydrogen-bond acceptors (Lipinski definition) is 5. The summed E-state index contributed by atoms with van der Waals surface area (Å²) in [5, 5.41) is 9.11. The van der Waals surface area contributed by atoms with E-state index in [4.69, 9.17) is 0 Å². The van der Waals surface area contributed by atoms with Gasteiger partial charge < -0.3 is 5.32 Å². The van der Waals surface area contributed by atoms with Gasteiger partial charge in [-0.2, -0.15) is 0 Å². The smallest absolute Gasteiger partial charge is 0.291 e. The Labute approximate surface area is 119 Å². The second-order valence-corrected chi connectivity index (χ2v) is 9.12. The molecule has 0 aliphatic heterocycles. The van der Waals surface area contributed by atoms with Gasteiger partial charge in [-0.25, -0.2) is 13.4 Å². The number of rotatable bonds is 4. The van der Waals surface area contributed by atoms with Crippen LogP contribution in [0.2, 0.25) is 0 Å². The first kappa shape index (κ1) is 16.6. The third-order valence-corrected chi connectivity index (χ3v) is 5.23. The van der Waals surface area contributed by atoms with E-state index in [9.17, 15) is 13.2 Å². The van der Waals surface area contributed by atoms with Crippen molar-refractivity contribution >= 4 is 15.7 Å². The number of H-pyrrole nitrogens is 1. The van der Waals surface area contributed by atoms with Gasteiger partial charge in [0.25, 0.3) is 5.91 Å². The second kappa shape index (κ2) is 5.16. The van der Waals surface area contributed by atoms with Gasteiger partial charge in [-0.3, -0.25) is 9.89 Å². The zero-order valence-corrected chi connectivity index (χ0v) is 13.6. The maximum Gasteiger partial charge on any atom is 0.291 e. The molecule has 0 radical (unpaired) electrons. The normalized spacial score (nSPS) is 13.3. The summed E-state index contributed by atoms with van der Waals surface area (Å²) in [5.74, 6) is 0.123. The van der Waals surface area contributed by atoms with Gasteiger partial charge in [0.15, 0.2) is 9.84 Å². The van der Waals surface area contributed by atoms with Gasteiger partial charge in [0.1, 0.15) is 5.82 Å². The number of carbonyl (C=O) groups is 1. The number of amides is 1. The quantitative estimate of drug-likeness (QED) is 0.850. The molecule has 0 saturated carbocycles. The molecule has 0 saturated heterocycles. The van der Waals surface area contributed by atoms with Crippen molar-refractivity contribution in [2.75, 3.05) is 12.8 Å². The summed E-state index contributed by atoms with van der Waals surface area (Å²) in [6.45, 7) is 8.96. The zero-order chi connectivity index (χ0) is 15.8. The fraction of sp³-hybridized carbons (Fsp3) is 0.750. The third kappa shape index (κ3) is 3.78. The lowest BCUT2D eigenvalue weighted by Crippen LogP contribution is -2.44. The number of sulfone groups is 1. The summed E-state index contributed by atoms with van der Waals surface area (Å²) in [6.07, 6.45) is 1.14. The molecule has 0 fully saturated rings. The highest BCUT2D eigenvalue weighted by molar-refractivity contribution is 7.92. The predicted octanol–water partition coefficient (Wildman–Crippen LogP) is 0.655. The van der Waals surface area contributed by atoms with E-state index in [1.807, 2.05) is 20.8 Å². The molecule has 0 bridgehead atoms. The monoisotopic (exact) mass is 302 g/mol. The van der Waals surface area contributed by atoms with Gasteiger partial charge in [-0.15, -0.1) is 5.10 Å². The average molecular weight is 302 g/mol. The van der Waals surface area contributed by atoms with Gasteiger partial charge in [0.2, 0.25) is 5.82 Å². The van der Waals surface area contributed by atoms with Crippen molar-refractivity contribution in [3.63, 3.8) is 0 Å². The average Bonchev–Trinajstić information content (AvgIpc) is 2.73. The lowest BCUT2D eigenvalue weighted by molar-refractivity contribution is 0.0940. The first-order chi connectivity index (χ1) is 8.84. The minimum atomic E-state index is -3.26. The molecular weight excluding hydrogens is 280 g/mol. The molecule has 1 heterocycles. The third-order valence-electron chi connectivity index (χ3n) is 3.08. The highest BCUT2D eigenvalue weighted by atomic mass is 32.2. The molecule has 1 aromatic heterocycles. The summed E-state index contributed by atoms with van der Waals surface area (Å²) in [6, 6.07) is 0. The molecule has 7 nitrogen and oxygen atoms in total. The molecule has 0 atom stereocenters. The van der Waals surface area contributed by atoms with Crippen molar-refractivity contribution < 1.29 is 13.2 Å². The number of aromatic nitrogens is 3. The van der Waals surface area contributed by atoms with Crippen molar-refractivity contribution in [1.82, 2.24) is 20.5 Å². The van der Waals surface area contributed by atoms with Crippen LogP contribution in [-0.4, -0.2) is 47.1 Å². The van der Waals surface area contributed by atoms with E-state index in [1.54, 1.807) is 13.8 Å². The van der Waals surface area contributed by atoms with Gasteiger partial charge in [0, 0.05) is 18.2 Å². The fourth-order valence-corrected chi connectivity index (χ4v) is 1.54. The number of nitrogens with one attached hydrogen (secondary N) is 2. The first-order valence-corrected chi connectivity index (χ1v) is 8.14. The Morgan fingerprint density at radius 1 is 1.25 bits per heavy atom. The standard InChI is InChI=1S/C12H22N4O3S/c1-11(2,3)10-14-8(15-16-10)9(17)13-7-12(4,5)20(6,18)19/h7H2,1-6H3,(H,13,17)(H,14,15,16). The maximum atomic E-state index is 11.9. The first-order valence-electron chi connectivity index (χ1n) is 6.25. The molecule has 0 unspecified atom stereocenters. The Morgan fingerprint density at radius 2 is 1.80 bits per heavy atom. The van der Waals surface area contributed by atoms with E-state index in [0.717, 1.165) is 6.26 Å². The largest absolute Gasteiger partial charge is 0.348 e. The number of carbonyl (C=O) groups excluding carboxylic acids is 1. The van der Waals surface area contributed by atoms with Crippen LogP contribution in [0.5, 0.6) is 0 Å². The summed E-state index contributed by atoms with van der Waals surface area (Å²) in [4.78, 5) is 16.0. The molecule has 1 amide bonds. The molecule has 2 N–H and O–H groups in total. The van der Waals surface area contributed by atoms with E-state index < -0.39 is 20.5 Å². The van der Waals surface area contributed by atoms with Gasteiger partial charge in [0.05, 0.1) is 4.75 Å². The van der Waals surface area contributed by atoms with E-state index >= 15 is 0 Å². The summed E-state index contributed by atoms with van der Waals surface area (Å²) >= 11 is 0. The molecule has 1 rings (SSSR count). The van der Waals surface area contributed by atoms with E-state index in [-0.39, 0.29) is 17.8 Å². The van der Waals surface area contributed by atoms with Crippen molar-refractivity contribution in [3.8, 4) is 0 Å². The predicted molar refractivity (Wildman–Crippen MR) is 76.3 cm³/mol. The lowest BCUT2D eigenvalue weighted by atomic mass is 9.96. The molecule has 20 heavy (non-hydrogen) atoms. The molecular formula is C12H22N4O3S. The Balaban J connectivity index is 2.76. The van der Waals surface area contributed by atoms with Crippen molar-refractivity contribution in [1.29, 1.82) is 0 Å². The van der Waals surface area contributed by atoms with Gasteiger partial charge in [-0.1, -0.05) is 20.8 Å². The van der Waals surface area contributed by atoms with Gasteiger partial charge >= 0.3 is 0 Å². The van der Waals surface area contributed by atoms with Gasteiger partial charge in [-0.05, 0) is 13.8 Å². The van der Waals surface area contributed by atoms with Crippen LogP contribution < -0.4 is 5.32 Å². The Morgan fingerprint density at radius 3 is 2.20 bits per heavy atom. The van der Waals surface area contributed by atoms with E-state index in [0.29, 0.717) is 5.82 Å². The van der Waals surface area contributed by atoms with Crippen LogP contribution >= 0.6 is 0 Å². The summed E-state index contributed by atoms with van der Waals surface area (Å²) in [5.41, 5.74) is -0.239. The van der Waals surface area contributed by atoms with Crippen LogP contribution in [0, 0.1) is 0 Å². The van der Waals surface area contributed by atoms with Crippen molar-refractivity contribution in [2.45, 2.75) is 44.8 Å². The molecule has 0 aromatic carbocycles. The summed E-state index contributed by atoms with van der Waals surface area (Å²) in [7, 11) is -3.26. The molecule has 0 aliphatic carbocycles. The number of hydrogen-bond donors (Lipinski definition) is 2. The zero-order valence-electron chi connectivity index (χ0n) is 12.7. The molecule has 114 valence electrons. The van der Waals surface area contributed by atoms with Crippen molar-refractivity contribution in [3.05, 3.63) is 11.6 Å². The minimum Gasteiger partial charge on any atom is -0.348 e. The van der Waals surface area contributed by atoms with Crippen LogP contribution in [0.1, 0.15) is 51.1 Å². The maximum absolute atomic E-state index is 11.9. The van der Waals surface area contributed by atoms with E-state index in [2.05, 4.69) is 20.5 Å². The van der Waals surface area contributed by atoms with Crippen LogP contribution in [0.3, 0.4) is 0 Å². The Kier molecular flexibility index (Phi) is 4.28. The topological polar surface area (TPSA) is 105 Å². The Bertz CT molecular complexity index is 596.